The van der Waals surface area contributed by atoms with E-state index in [9.17, 15) is 4.79 Å². The van der Waals surface area contributed by atoms with Gasteiger partial charge in [-0.1, -0.05) is 11.6 Å². The number of hydrogen-bond acceptors (Lipinski definition) is 3. The molecule has 0 aromatic carbocycles. The number of aryl methyl sites for hydroxylation is 1. The molecule has 5 heteroatoms. The molecular weight excluding hydrogens is 228 g/mol. The molecule has 2 aromatic rings. The van der Waals surface area contributed by atoms with E-state index in [2.05, 4.69) is 4.98 Å². The van der Waals surface area contributed by atoms with Crippen LogP contribution >= 0.6 is 11.6 Å². The molecule has 0 aliphatic heterocycles. The molecule has 0 fully saturated rings. The van der Waals surface area contributed by atoms with Crippen LogP contribution in [0.1, 0.15) is 17.3 Å². The van der Waals surface area contributed by atoms with Crippen LogP contribution in [-0.4, -0.2) is 22.1 Å². The normalized spacial score (nSPS) is 10.7. The second kappa shape index (κ2) is 4.14. The van der Waals surface area contributed by atoms with Gasteiger partial charge in [-0.3, -0.25) is 0 Å². The smallest absolute Gasteiger partial charge is 0.341 e. The fourth-order valence-electron chi connectivity index (χ4n) is 1.53. The van der Waals surface area contributed by atoms with Crippen molar-refractivity contribution in [2.45, 2.75) is 6.92 Å². The molecule has 4 nitrogen and oxygen atoms in total. The molecule has 0 spiro atoms. The monoisotopic (exact) mass is 238 g/mol. The average Bonchev–Trinajstić information content (AvgIpc) is 2.62. The highest BCUT2D eigenvalue weighted by Crippen LogP contribution is 2.26. The Kier molecular flexibility index (Phi) is 2.83. The first-order chi connectivity index (χ1) is 7.65. The maximum absolute atomic E-state index is 11.6. The first kappa shape index (κ1) is 11.0. The third kappa shape index (κ3) is 1.65. The minimum absolute atomic E-state index is 0.308. The van der Waals surface area contributed by atoms with Gasteiger partial charge in [-0.25, -0.2) is 9.78 Å². The number of carbonyl (C=O) groups excluding carboxylic acids is 1. The summed E-state index contributed by atoms with van der Waals surface area (Å²) >= 11 is 6.13. The molecule has 0 radical (unpaired) electrons. The minimum Gasteiger partial charge on any atom is -0.462 e. The Morgan fingerprint density at radius 3 is 3.06 bits per heavy atom. The fourth-order valence-corrected chi connectivity index (χ4v) is 1.81. The van der Waals surface area contributed by atoms with Crippen molar-refractivity contribution in [3.63, 3.8) is 0 Å². The highest BCUT2D eigenvalue weighted by atomic mass is 35.5. The highest BCUT2D eigenvalue weighted by molar-refractivity contribution is 6.38. The highest BCUT2D eigenvalue weighted by Gasteiger charge is 2.15. The van der Waals surface area contributed by atoms with Crippen LogP contribution < -0.4 is 0 Å². The number of hydrogen-bond donors (Lipinski definition) is 0. The standard InChI is InChI=1S/C11H11ClN2O2/c1-3-16-11(15)8-6-13-10-7(9(8)12)4-5-14(10)2/h4-6H,3H2,1-2H3. The third-order valence-electron chi connectivity index (χ3n) is 2.32. The van der Waals surface area contributed by atoms with Crippen LogP contribution in [-0.2, 0) is 11.8 Å². The van der Waals surface area contributed by atoms with Crippen molar-refractivity contribution >= 4 is 28.6 Å². The van der Waals surface area contributed by atoms with E-state index in [1.54, 1.807) is 6.92 Å². The van der Waals surface area contributed by atoms with Crippen LogP contribution in [0.4, 0.5) is 0 Å². The summed E-state index contributed by atoms with van der Waals surface area (Å²) in [6.07, 6.45) is 3.29. The lowest BCUT2D eigenvalue weighted by Gasteiger charge is -2.04. The summed E-state index contributed by atoms with van der Waals surface area (Å²) in [4.78, 5) is 15.7. The molecular formula is C11H11ClN2O2. The van der Waals surface area contributed by atoms with Gasteiger partial charge in [-0.15, -0.1) is 0 Å². The Morgan fingerprint density at radius 1 is 1.62 bits per heavy atom. The molecule has 2 heterocycles. The van der Waals surface area contributed by atoms with Gasteiger partial charge in [-0.05, 0) is 13.0 Å². The Labute approximate surface area is 97.8 Å². The quantitative estimate of drug-likeness (QED) is 0.755. The van der Waals surface area contributed by atoms with Gasteiger partial charge < -0.3 is 9.30 Å². The summed E-state index contributed by atoms with van der Waals surface area (Å²) < 4.78 is 6.74. The number of halogens is 1. The molecule has 0 aliphatic carbocycles. The number of aromatic nitrogens is 2. The molecule has 0 N–H and O–H groups in total. The lowest BCUT2D eigenvalue weighted by molar-refractivity contribution is 0.0526. The molecule has 16 heavy (non-hydrogen) atoms. The summed E-state index contributed by atoms with van der Waals surface area (Å²) in [5.74, 6) is -0.439. The summed E-state index contributed by atoms with van der Waals surface area (Å²) in [6, 6.07) is 1.83. The number of nitrogens with zero attached hydrogens (tertiary/aromatic N) is 2. The van der Waals surface area contributed by atoms with Crippen LogP contribution in [0.25, 0.3) is 11.0 Å². The summed E-state index contributed by atoms with van der Waals surface area (Å²) in [6.45, 7) is 2.07. The molecule has 2 rings (SSSR count). The minimum atomic E-state index is -0.439. The van der Waals surface area contributed by atoms with Crippen LogP contribution in [0.15, 0.2) is 18.5 Å². The number of pyridine rings is 1. The van der Waals surface area contributed by atoms with Crippen molar-refractivity contribution < 1.29 is 9.53 Å². The Morgan fingerprint density at radius 2 is 2.38 bits per heavy atom. The van der Waals surface area contributed by atoms with Crippen LogP contribution in [0.5, 0.6) is 0 Å². The first-order valence-corrected chi connectivity index (χ1v) is 5.29. The van der Waals surface area contributed by atoms with Crippen molar-refractivity contribution in [1.82, 2.24) is 9.55 Å². The second-order valence-electron chi connectivity index (χ2n) is 3.37. The topological polar surface area (TPSA) is 44.1 Å². The summed E-state index contributed by atoms with van der Waals surface area (Å²) in [5.41, 5.74) is 1.06. The molecule has 0 unspecified atom stereocenters. The van der Waals surface area contributed by atoms with E-state index in [0.29, 0.717) is 17.2 Å². The maximum Gasteiger partial charge on any atom is 0.341 e. The van der Waals surface area contributed by atoms with Crippen molar-refractivity contribution in [3.8, 4) is 0 Å². The van der Waals surface area contributed by atoms with E-state index < -0.39 is 5.97 Å². The van der Waals surface area contributed by atoms with Gasteiger partial charge in [0.15, 0.2) is 0 Å². The van der Waals surface area contributed by atoms with E-state index in [1.165, 1.54) is 6.20 Å². The van der Waals surface area contributed by atoms with E-state index in [1.807, 2.05) is 23.9 Å². The van der Waals surface area contributed by atoms with E-state index in [0.717, 1.165) is 11.0 Å². The zero-order valence-corrected chi connectivity index (χ0v) is 9.78. The van der Waals surface area contributed by atoms with Crippen LogP contribution in [0.2, 0.25) is 5.02 Å². The van der Waals surface area contributed by atoms with E-state index in [-0.39, 0.29) is 0 Å². The molecule has 84 valence electrons. The summed E-state index contributed by atoms with van der Waals surface area (Å²) in [7, 11) is 1.87. The van der Waals surface area contributed by atoms with Gasteiger partial charge >= 0.3 is 5.97 Å². The SMILES string of the molecule is CCOC(=O)c1cnc2c(ccn2C)c1Cl. The molecule has 0 saturated carbocycles. The predicted octanol–water partition coefficient (Wildman–Crippen LogP) is 2.40. The number of rotatable bonds is 2. The Bertz CT molecular complexity index is 548. The van der Waals surface area contributed by atoms with E-state index >= 15 is 0 Å². The molecule has 0 atom stereocenters. The maximum atomic E-state index is 11.6. The van der Waals surface area contributed by atoms with Gasteiger partial charge in [0, 0.05) is 24.8 Å². The molecule has 0 amide bonds. The third-order valence-corrected chi connectivity index (χ3v) is 2.73. The Balaban J connectivity index is 2.56. The van der Waals surface area contributed by atoms with Gasteiger partial charge in [0.05, 0.1) is 17.2 Å². The number of carbonyl (C=O) groups is 1. The van der Waals surface area contributed by atoms with Crippen LogP contribution in [0.3, 0.4) is 0 Å². The van der Waals surface area contributed by atoms with Gasteiger partial charge in [0.1, 0.15) is 5.65 Å². The fraction of sp³-hybridized carbons (Fsp3) is 0.273. The largest absolute Gasteiger partial charge is 0.462 e. The van der Waals surface area contributed by atoms with Crippen molar-refractivity contribution in [2.75, 3.05) is 6.61 Å². The van der Waals surface area contributed by atoms with E-state index in [4.69, 9.17) is 16.3 Å². The van der Waals surface area contributed by atoms with Crippen molar-refractivity contribution in [2.24, 2.45) is 7.05 Å². The average molecular weight is 239 g/mol. The first-order valence-electron chi connectivity index (χ1n) is 4.91. The summed E-state index contributed by atoms with van der Waals surface area (Å²) in [5, 5.41) is 1.15. The molecule has 2 aromatic heterocycles. The van der Waals surface area contributed by atoms with Crippen LogP contribution in [0, 0.1) is 0 Å². The zero-order chi connectivity index (χ0) is 11.7. The Hall–Kier alpha value is -1.55. The molecule has 0 saturated heterocycles. The van der Waals surface area contributed by atoms with Gasteiger partial charge in [0.25, 0.3) is 0 Å². The second-order valence-corrected chi connectivity index (χ2v) is 3.75. The zero-order valence-electron chi connectivity index (χ0n) is 9.03. The number of fused-ring (bicyclic) bond motifs is 1. The lowest BCUT2D eigenvalue weighted by Crippen LogP contribution is -2.06. The number of esters is 1. The van der Waals surface area contributed by atoms with Crippen molar-refractivity contribution in [3.05, 3.63) is 29.0 Å². The molecule has 0 aliphatic rings. The lowest BCUT2D eigenvalue weighted by atomic mass is 10.2. The van der Waals surface area contributed by atoms with Gasteiger partial charge in [0.2, 0.25) is 0 Å². The number of ether oxygens (including phenoxy) is 1. The molecule has 0 bridgehead atoms. The predicted molar refractivity (Wildman–Crippen MR) is 61.7 cm³/mol. The van der Waals surface area contributed by atoms with Crippen molar-refractivity contribution in [1.29, 1.82) is 0 Å². The van der Waals surface area contributed by atoms with Gasteiger partial charge in [-0.2, -0.15) is 0 Å².